The molecule has 2 amide bonds. The summed E-state index contributed by atoms with van der Waals surface area (Å²) in [6.07, 6.45) is -3.96. The number of hydrogen-bond donors (Lipinski definition) is 1. The average Bonchev–Trinajstić information content (AvgIpc) is 2.99. The lowest BCUT2D eigenvalue weighted by molar-refractivity contribution is -0.138. The van der Waals surface area contributed by atoms with E-state index in [-0.39, 0.29) is 16.8 Å². The zero-order valence-corrected chi connectivity index (χ0v) is 10.4. The fourth-order valence-electron chi connectivity index (χ4n) is 2.22. The van der Waals surface area contributed by atoms with E-state index in [1.807, 2.05) is 0 Å². The Balaban J connectivity index is 1.93. The summed E-state index contributed by atoms with van der Waals surface area (Å²) in [5.41, 5.74) is -0.929. The number of rotatable bonds is 2. The van der Waals surface area contributed by atoms with E-state index in [9.17, 15) is 22.8 Å². The molecule has 1 aromatic carbocycles. The van der Waals surface area contributed by atoms with E-state index in [4.69, 9.17) is 0 Å². The molecular weight excluding hydrogens is 287 g/mol. The second kappa shape index (κ2) is 4.44. The number of amides is 2. The van der Waals surface area contributed by atoms with E-state index < -0.39 is 30.1 Å². The zero-order chi connectivity index (χ0) is 15.2. The molecule has 108 valence electrons. The van der Waals surface area contributed by atoms with E-state index in [0.717, 1.165) is 4.90 Å². The highest BCUT2D eigenvalue weighted by molar-refractivity contribution is 6.21. The molecule has 0 radical (unpaired) electrons. The molecule has 1 aliphatic rings. The summed E-state index contributed by atoms with van der Waals surface area (Å²) in [6.45, 7) is -0.499. The Morgan fingerprint density at radius 3 is 2.19 bits per heavy atom. The first-order valence-electron chi connectivity index (χ1n) is 5.94. The highest BCUT2D eigenvalue weighted by atomic mass is 19.4. The molecule has 0 fully saturated rings. The molecule has 0 atom stereocenters. The second-order valence-electron chi connectivity index (χ2n) is 4.50. The van der Waals surface area contributed by atoms with E-state index in [1.54, 1.807) is 12.1 Å². The molecule has 3 rings (SSSR count). The molecule has 0 saturated carbocycles. The van der Waals surface area contributed by atoms with Gasteiger partial charge in [0.25, 0.3) is 11.8 Å². The van der Waals surface area contributed by atoms with Gasteiger partial charge in [0, 0.05) is 0 Å². The lowest BCUT2D eigenvalue weighted by Gasteiger charge is -2.14. The molecule has 0 aliphatic carbocycles. The number of imide groups is 1. The predicted octanol–water partition coefficient (Wildman–Crippen LogP) is 2.22. The molecule has 2 heterocycles. The molecule has 0 spiro atoms. The van der Waals surface area contributed by atoms with Gasteiger partial charge in [-0.3, -0.25) is 19.6 Å². The first-order chi connectivity index (χ1) is 9.89. The Labute approximate surface area is 116 Å². The van der Waals surface area contributed by atoms with Crippen LogP contribution in [-0.4, -0.2) is 26.9 Å². The van der Waals surface area contributed by atoms with Crippen LogP contribution in [-0.2, 0) is 12.7 Å². The van der Waals surface area contributed by atoms with Crippen LogP contribution >= 0.6 is 0 Å². The normalized spacial score (nSPS) is 14.7. The summed E-state index contributed by atoms with van der Waals surface area (Å²) in [6, 6.07) is 6.11. The number of benzene rings is 1. The van der Waals surface area contributed by atoms with Gasteiger partial charge in [-0.15, -0.1) is 0 Å². The van der Waals surface area contributed by atoms with E-state index >= 15 is 0 Å². The molecule has 0 saturated heterocycles. The van der Waals surface area contributed by atoms with Crippen molar-refractivity contribution in [2.75, 3.05) is 0 Å². The molecule has 21 heavy (non-hydrogen) atoms. The van der Waals surface area contributed by atoms with E-state index in [2.05, 4.69) is 10.2 Å². The number of nitrogens with one attached hydrogen (secondary N) is 1. The summed E-state index contributed by atoms with van der Waals surface area (Å²) in [5, 5.41) is 5.53. The summed E-state index contributed by atoms with van der Waals surface area (Å²) < 4.78 is 38.3. The van der Waals surface area contributed by atoms with Gasteiger partial charge in [-0.1, -0.05) is 12.1 Å². The van der Waals surface area contributed by atoms with Crippen LogP contribution in [0.25, 0.3) is 0 Å². The number of halogens is 3. The minimum absolute atomic E-state index is 0.190. The monoisotopic (exact) mass is 295 g/mol. The molecule has 1 aliphatic heterocycles. The van der Waals surface area contributed by atoms with Crippen LogP contribution < -0.4 is 0 Å². The van der Waals surface area contributed by atoms with Crippen LogP contribution in [0, 0.1) is 0 Å². The molecule has 8 heteroatoms. The van der Waals surface area contributed by atoms with Crippen molar-refractivity contribution in [2.24, 2.45) is 0 Å². The number of nitrogens with zero attached hydrogens (tertiary/aromatic N) is 2. The summed E-state index contributed by atoms with van der Waals surface area (Å²) in [7, 11) is 0. The minimum Gasteiger partial charge on any atom is -0.280 e. The lowest BCUT2D eigenvalue weighted by Crippen LogP contribution is -2.30. The van der Waals surface area contributed by atoms with Gasteiger partial charge in [-0.25, -0.2) is 0 Å². The topological polar surface area (TPSA) is 66.1 Å². The Morgan fingerprint density at radius 2 is 1.67 bits per heavy atom. The highest BCUT2D eigenvalue weighted by Gasteiger charge is 2.39. The fraction of sp³-hybridized carbons (Fsp3) is 0.154. The van der Waals surface area contributed by atoms with Gasteiger partial charge in [0.15, 0.2) is 0 Å². The number of carbonyl (C=O) groups excluding carboxylic acids is 2. The smallest absolute Gasteiger partial charge is 0.280 e. The van der Waals surface area contributed by atoms with Crippen LogP contribution in [0.4, 0.5) is 13.2 Å². The van der Waals surface area contributed by atoms with Crippen molar-refractivity contribution < 1.29 is 22.8 Å². The van der Waals surface area contributed by atoms with Crippen LogP contribution in [0.15, 0.2) is 30.5 Å². The number of fused-ring (bicyclic) bond motifs is 1. The quantitative estimate of drug-likeness (QED) is 0.864. The maximum atomic E-state index is 12.8. The van der Waals surface area contributed by atoms with Crippen molar-refractivity contribution in [3.05, 3.63) is 52.8 Å². The van der Waals surface area contributed by atoms with E-state index in [0.29, 0.717) is 6.20 Å². The third-order valence-corrected chi connectivity index (χ3v) is 3.22. The molecular formula is C13H8F3N3O2. The number of alkyl halides is 3. The molecule has 1 N–H and O–H groups in total. The van der Waals surface area contributed by atoms with Crippen LogP contribution in [0.1, 0.15) is 32.0 Å². The first-order valence-corrected chi connectivity index (χ1v) is 5.94. The number of H-pyrrole nitrogens is 1. The largest absolute Gasteiger partial charge is 0.419 e. The number of hydrogen-bond acceptors (Lipinski definition) is 3. The molecule has 2 aromatic rings. The number of carbonyl (C=O) groups is 2. The number of aromatic nitrogens is 2. The first kappa shape index (κ1) is 13.3. The average molecular weight is 295 g/mol. The zero-order valence-electron chi connectivity index (χ0n) is 10.4. The van der Waals surface area contributed by atoms with Gasteiger partial charge in [0.2, 0.25) is 0 Å². The number of aromatic amines is 1. The van der Waals surface area contributed by atoms with Crippen LogP contribution in [0.2, 0.25) is 0 Å². The van der Waals surface area contributed by atoms with Gasteiger partial charge < -0.3 is 0 Å². The predicted molar refractivity (Wildman–Crippen MR) is 64.2 cm³/mol. The van der Waals surface area contributed by atoms with Crippen LogP contribution in [0.5, 0.6) is 0 Å². The third-order valence-electron chi connectivity index (χ3n) is 3.22. The molecule has 0 unspecified atom stereocenters. The fourth-order valence-corrected chi connectivity index (χ4v) is 2.22. The van der Waals surface area contributed by atoms with E-state index in [1.165, 1.54) is 12.1 Å². The highest BCUT2D eigenvalue weighted by Crippen LogP contribution is 2.32. The van der Waals surface area contributed by atoms with Crippen molar-refractivity contribution in [3.63, 3.8) is 0 Å². The Bertz CT molecular complexity index is 701. The SMILES string of the molecule is O=C1c2ccccc2C(=O)N1Cc1[nH]ncc1C(F)(F)F. The van der Waals surface area contributed by atoms with Crippen molar-refractivity contribution in [1.82, 2.24) is 15.1 Å². The second-order valence-corrected chi connectivity index (χ2v) is 4.50. The van der Waals surface area contributed by atoms with Crippen molar-refractivity contribution in [2.45, 2.75) is 12.7 Å². The summed E-state index contributed by atoms with van der Waals surface area (Å²) in [4.78, 5) is 24.9. The minimum atomic E-state index is -4.60. The lowest BCUT2D eigenvalue weighted by atomic mass is 10.1. The molecule has 0 bridgehead atoms. The van der Waals surface area contributed by atoms with Gasteiger partial charge in [0.05, 0.1) is 35.1 Å². The molecule has 5 nitrogen and oxygen atoms in total. The third kappa shape index (κ3) is 2.08. The summed E-state index contributed by atoms with van der Waals surface area (Å²) in [5.74, 6) is -1.23. The maximum Gasteiger partial charge on any atom is 0.419 e. The van der Waals surface area contributed by atoms with Gasteiger partial charge in [0.1, 0.15) is 0 Å². The van der Waals surface area contributed by atoms with Crippen molar-refractivity contribution >= 4 is 11.8 Å². The van der Waals surface area contributed by atoms with Crippen LogP contribution in [0.3, 0.4) is 0 Å². The Hall–Kier alpha value is -2.64. The van der Waals surface area contributed by atoms with Gasteiger partial charge in [-0.2, -0.15) is 18.3 Å². The molecule has 1 aromatic heterocycles. The Morgan fingerprint density at radius 1 is 1.10 bits per heavy atom. The Kier molecular flexibility index (Phi) is 2.82. The summed E-state index contributed by atoms with van der Waals surface area (Å²) >= 11 is 0. The maximum absolute atomic E-state index is 12.8. The van der Waals surface area contributed by atoms with Crippen molar-refractivity contribution in [3.8, 4) is 0 Å². The van der Waals surface area contributed by atoms with Crippen molar-refractivity contribution in [1.29, 1.82) is 0 Å². The standard InChI is InChI=1S/C13H8F3N3O2/c14-13(15,16)9-5-17-18-10(9)6-19-11(20)7-3-1-2-4-8(7)12(19)21/h1-5H,6H2,(H,17,18). The van der Waals surface area contributed by atoms with Gasteiger partial charge in [-0.05, 0) is 12.1 Å². The van der Waals surface area contributed by atoms with Gasteiger partial charge >= 0.3 is 6.18 Å².